The summed E-state index contributed by atoms with van der Waals surface area (Å²) in [5, 5.41) is 0. The molecule has 19 heavy (non-hydrogen) atoms. The summed E-state index contributed by atoms with van der Waals surface area (Å²) in [6, 6.07) is 4.31. The molecule has 0 spiro atoms. The van der Waals surface area contributed by atoms with E-state index in [1.807, 2.05) is 0 Å². The van der Waals surface area contributed by atoms with Gasteiger partial charge in [0.15, 0.2) is 0 Å². The van der Waals surface area contributed by atoms with Crippen LogP contribution in [-0.2, 0) is 6.54 Å². The van der Waals surface area contributed by atoms with Crippen LogP contribution in [0.3, 0.4) is 0 Å². The Kier molecular flexibility index (Phi) is 4.87. The molecule has 1 aliphatic rings. The van der Waals surface area contributed by atoms with Crippen LogP contribution < -0.4 is 10.5 Å². The molecule has 1 aromatic carbocycles. The van der Waals surface area contributed by atoms with Crippen LogP contribution in [0, 0.1) is 19.8 Å². The van der Waals surface area contributed by atoms with Crippen LogP contribution in [0.2, 0.25) is 0 Å². The van der Waals surface area contributed by atoms with Crippen molar-refractivity contribution in [1.29, 1.82) is 0 Å². The maximum atomic E-state index is 6.31. The molecular formula is C17H27NO. The second-order valence-corrected chi connectivity index (χ2v) is 5.94. The monoisotopic (exact) mass is 261 g/mol. The molecule has 2 nitrogen and oxygen atoms in total. The average Bonchev–Trinajstić information content (AvgIpc) is 2.42. The summed E-state index contributed by atoms with van der Waals surface area (Å²) < 4.78 is 6.31. The fourth-order valence-electron chi connectivity index (χ4n) is 3.23. The van der Waals surface area contributed by atoms with Crippen molar-refractivity contribution in [2.45, 2.75) is 65.5 Å². The minimum atomic E-state index is 0.403. The van der Waals surface area contributed by atoms with E-state index < -0.39 is 0 Å². The minimum absolute atomic E-state index is 0.403. The topological polar surface area (TPSA) is 35.2 Å². The summed E-state index contributed by atoms with van der Waals surface area (Å²) in [6.45, 7) is 7.14. The van der Waals surface area contributed by atoms with Gasteiger partial charge in [0, 0.05) is 6.54 Å². The molecule has 0 bridgehead atoms. The number of hydrogen-bond donors (Lipinski definition) is 1. The number of rotatable bonds is 4. The molecule has 106 valence electrons. The number of nitrogens with two attached hydrogens (primary N) is 1. The second kappa shape index (κ2) is 6.42. The van der Waals surface area contributed by atoms with Crippen LogP contribution in [0.15, 0.2) is 12.1 Å². The highest BCUT2D eigenvalue weighted by Gasteiger charge is 2.23. The van der Waals surface area contributed by atoms with E-state index in [-0.39, 0.29) is 0 Å². The van der Waals surface area contributed by atoms with E-state index >= 15 is 0 Å². The van der Waals surface area contributed by atoms with Gasteiger partial charge < -0.3 is 10.5 Å². The van der Waals surface area contributed by atoms with E-state index in [0.29, 0.717) is 12.6 Å². The fourth-order valence-corrected chi connectivity index (χ4v) is 3.23. The van der Waals surface area contributed by atoms with Crippen molar-refractivity contribution in [1.82, 2.24) is 0 Å². The average molecular weight is 261 g/mol. The maximum absolute atomic E-state index is 6.31. The maximum Gasteiger partial charge on any atom is 0.125 e. The molecule has 2 N–H and O–H groups in total. The van der Waals surface area contributed by atoms with E-state index in [9.17, 15) is 0 Å². The lowest BCUT2D eigenvalue weighted by atomic mass is 9.85. The van der Waals surface area contributed by atoms with Crippen molar-refractivity contribution in [2.75, 3.05) is 0 Å². The molecule has 0 heterocycles. The molecule has 0 amide bonds. The quantitative estimate of drug-likeness (QED) is 0.885. The third kappa shape index (κ3) is 3.50. The normalized spacial score (nSPS) is 23.4. The molecular weight excluding hydrogens is 234 g/mol. The van der Waals surface area contributed by atoms with Gasteiger partial charge in [-0.1, -0.05) is 31.9 Å². The van der Waals surface area contributed by atoms with Gasteiger partial charge in [0.1, 0.15) is 5.75 Å². The number of aryl methyl sites for hydroxylation is 2. The van der Waals surface area contributed by atoms with E-state index in [4.69, 9.17) is 10.5 Å². The molecule has 0 saturated heterocycles. The van der Waals surface area contributed by atoms with E-state index in [2.05, 4.69) is 32.9 Å². The zero-order valence-electron chi connectivity index (χ0n) is 12.5. The first kappa shape index (κ1) is 14.4. The Hall–Kier alpha value is -1.02. The van der Waals surface area contributed by atoms with E-state index in [1.54, 1.807) is 0 Å². The molecule has 1 saturated carbocycles. The van der Waals surface area contributed by atoms with Gasteiger partial charge in [-0.25, -0.2) is 0 Å². The molecule has 2 rings (SSSR count). The van der Waals surface area contributed by atoms with Crippen molar-refractivity contribution < 1.29 is 4.74 Å². The Morgan fingerprint density at radius 1 is 1.21 bits per heavy atom. The first-order valence-corrected chi connectivity index (χ1v) is 7.60. The van der Waals surface area contributed by atoms with Crippen molar-refractivity contribution in [2.24, 2.45) is 11.7 Å². The Morgan fingerprint density at radius 2 is 1.89 bits per heavy atom. The SMILES string of the molecule is CCC1CCCC(Oc2c(C)cc(CN)cc2C)C1. The molecule has 1 aromatic rings. The molecule has 1 aliphatic carbocycles. The Morgan fingerprint density at radius 3 is 2.47 bits per heavy atom. The smallest absolute Gasteiger partial charge is 0.125 e. The Balaban J connectivity index is 2.10. The predicted octanol–water partition coefficient (Wildman–Crippen LogP) is 4.11. The molecule has 2 unspecified atom stereocenters. The van der Waals surface area contributed by atoms with E-state index in [0.717, 1.165) is 11.7 Å². The number of benzene rings is 1. The summed E-state index contributed by atoms with van der Waals surface area (Å²) in [5.74, 6) is 1.93. The lowest BCUT2D eigenvalue weighted by molar-refractivity contribution is 0.120. The summed E-state index contributed by atoms with van der Waals surface area (Å²) in [7, 11) is 0. The van der Waals surface area contributed by atoms with Crippen molar-refractivity contribution in [3.8, 4) is 5.75 Å². The van der Waals surface area contributed by atoms with Gasteiger partial charge in [0.05, 0.1) is 6.10 Å². The van der Waals surface area contributed by atoms with Crippen LogP contribution in [-0.4, -0.2) is 6.10 Å². The second-order valence-electron chi connectivity index (χ2n) is 5.94. The van der Waals surface area contributed by atoms with Gasteiger partial charge >= 0.3 is 0 Å². The highest BCUT2D eigenvalue weighted by Crippen LogP contribution is 2.32. The van der Waals surface area contributed by atoms with Crippen LogP contribution in [0.5, 0.6) is 5.75 Å². The molecule has 1 fully saturated rings. The highest BCUT2D eigenvalue weighted by molar-refractivity contribution is 5.43. The molecule has 2 atom stereocenters. The molecule has 0 aromatic heterocycles. The van der Waals surface area contributed by atoms with Gasteiger partial charge in [-0.15, -0.1) is 0 Å². The summed E-state index contributed by atoms with van der Waals surface area (Å²) >= 11 is 0. The highest BCUT2D eigenvalue weighted by atomic mass is 16.5. The first-order valence-electron chi connectivity index (χ1n) is 7.60. The fraction of sp³-hybridized carbons (Fsp3) is 0.647. The van der Waals surface area contributed by atoms with Crippen molar-refractivity contribution >= 4 is 0 Å². The summed E-state index contributed by atoms with van der Waals surface area (Å²) in [5.41, 5.74) is 9.35. The lowest BCUT2D eigenvalue weighted by Gasteiger charge is -2.30. The standard InChI is InChI=1S/C17H27NO/c1-4-14-6-5-7-16(10-14)19-17-12(2)8-15(11-18)9-13(17)3/h8-9,14,16H,4-7,10-11,18H2,1-3H3. The molecule has 0 aliphatic heterocycles. The third-order valence-corrected chi connectivity index (χ3v) is 4.35. The first-order chi connectivity index (χ1) is 9.13. The summed E-state index contributed by atoms with van der Waals surface area (Å²) in [6.07, 6.45) is 6.79. The largest absolute Gasteiger partial charge is 0.490 e. The van der Waals surface area contributed by atoms with Crippen LogP contribution in [0.1, 0.15) is 55.7 Å². The Bertz CT molecular complexity index is 404. The number of hydrogen-bond acceptors (Lipinski definition) is 2. The van der Waals surface area contributed by atoms with Gasteiger partial charge in [0.2, 0.25) is 0 Å². The zero-order chi connectivity index (χ0) is 13.8. The minimum Gasteiger partial charge on any atom is -0.490 e. The summed E-state index contributed by atoms with van der Waals surface area (Å²) in [4.78, 5) is 0. The van der Waals surface area contributed by atoms with Crippen LogP contribution in [0.25, 0.3) is 0 Å². The van der Waals surface area contributed by atoms with Gasteiger partial charge in [-0.3, -0.25) is 0 Å². The van der Waals surface area contributed by atoms with Crippen molar-refractivity contribution in [3.05, 3.63) is 28.8 Å². The third-order valence-electron chi connectivity index (χ3n) is 4.35. The lowest BCUT2D eigenvalue weighted by Crippen LogP contribution is -2.25. The van der Waals surface area contributed by atoms with Gasteiger partial charge in [0.25, 0.3) is 0 Å². The Labute approximate surface area is 117 Å². The molecule has 0 radical (unpaired) electrons. The van der Waals surface area contributed by atoms with E-state index in [1.165, 1.54) is 48.8 Å². The zero-order valence-corrected chi connectivity index (χ0v) is 12.5. The number of ether oxygens (including phenoxy) is 1. The predicted molar refractivity (Wildman–Crippen MR) is 80.5 cm³/mol. The van der Waals surface area contributed by atoms with Crippen LogP contribution in [0.4, 0.5) is 0 Å². The van der Waals surface area contributed by atoms with Gasteiger partial charge in [-0.05, 0) is 55.7 Å². The van der Waals surface area contributed by atoms with Gasteiger partial charge in [-0.2, -0.15) is 0 Å². The van der Waals surface area contributed by atoms with Crippen LogP contribution >= 0.6 is 0 Å². The van der Waals surface area contributed by atoms with Crippen molar-refractivity contribution in [3.63, 3.8) is 0 Å². The molecule has 2 heteroatoms.